The standard InChI is InChI=1S/C13H16O4/c1-9(12(14)16-3)10(2)17-13(15)11-7-5-4-6-8-11/h4-10H,1-3H3. The monoisotopic (exact) mass is 236 g/mol. The molecule has 2 atom stereocenters. The molecule has 0 N–H and O–H groups in total. The van der Waals surface area contributed by atoms with Gasteiger partial charge in [-0.3, -0.25) is 4.79 Å². The van der Waals surface area contributed by atoms with Crippen LogP contribution in [0.3, 0.4) is 0 Å². The quantitative estimate of drug-likeness (QED) is 0.751. The van der Waals surface area contributed by atoms with E-state index in [2.05, 4.69) is 4.74 Å². The van der Waals surface area contributed by atoms with Crippen LogP contribution in [0.15, 0.2) is 30.3 Å². The molecular formula is C13H16O4. The number of rotatable bonds is 4. The summed E-state index contributed by atoms with van der Waals surface area (Å²) in [4.78, 5) is 23.0. The predicted octanol–water partition coefficient (Wildman–Crippen LogP) is 2.04. The van der Waals surface area contributed by atoms with Crippen molar-refractivity contribution in [2.75, 3.05) is 7.11 Å². The molecule has 1 rings (SSSR count). The normalized spacial score (nSPS) is 13.6. The van der Waals surface area contributed by atoms with Crippen LogP contribution in [0.4, 0.5) is 0 Å². The minimum atomic E-state index is -0.518. The molecule has 0 aliphatic carbocycles. The van der Waals surface area contributed by atoms with Crippen molar-refractivity contribution < 1.29 is 19.1 Å². The molecule has 0 spiro atoms. The number of esters is 2. The molecule has 0 aliphatic heterocycles. The molecule has 0 bridgehead atoms. The summed E-state index contributed by atoms with van der Waals surface area (Å²) in [6.07, 6.45) is -0.518. The molecular weight excluding hydrogens is 220 g/mol. The Balaban J connectivity index is 2.60. The summed E-state index contributed by atoms with van der Waals surface area (Å²) >= 11 is 0. The van der Waals surface area contributed by atoms with Gasteiger partial charge in [0.1, 0.15) is 6.10 Å². The van der Waals surface area contributed by atoms with Crippen molar-refractivity contribution in [3.8, 4) is 0 Å². The Morgan fingerprint density at radius 3 is 2.24 bits per heavy atom. The Morgan fingerprint density at radius 1 is 1.12 bits per heavy atom. The first kappa shape index (κ1) is 13.2. The van der Waals surface area contributed by atoms with Gasteiger partial charge in [0, 0.05) is 0 Å². The summed E-state index contributed by atoms with van der Waals surface area (Å²) in [6.45, 7) is 3.33. The van der Waals surface area contributed by atoms with E-state index < -0.39 is 24.0 Å². The first-order chi connectivity index (χ1) is 8.06. The maximum Gasteiger partial charge on any atom is 0.338 e. The molecule has 4 nitrogen and oxygen atoms in total. The molecule has 0 saturated heterocycles. The topological polar surface area (TPSA) is 52.6 Å². The summed E-state index contributed by atoms with van der Waals surface area (Å²) in [7, 11) is 1.31. The van der Waals surface area contributed by atoms with Crippen LogP contribution < -0.4 is 0 Å². The summed E-state index contributed by atoms with van der Waals surface area (Å²) in [5, 5.41) is 0. The molecule has 17 heavy (non-hydrogen) atoms. The van der Waals surface area contributed by atoms with Gasteiger partial charge in [0.15, 0.2) is 0 Å². The van der Waals surface area contributed by atoms with Crippen molar-refractivity contribution in [1.29, 1.82) is 0 Å². The lowest BCUT2D eigenvalue weighted by atomic mass is 10.1. The molecule has 0 fully saturated rings. The first-order valence-corrected chi connectivity index (χ1v) is 5.40. The van der Waals surface area contributed by atoms with E-state index in [4.69, 9.17) is 4.74 Å². The van der Waals surface area contributed by atoms with Crippen molar-refractivity contribution in [3.05, 3.63) is 35.9 Å². The molecule has 1 aromatic carbocycles. The molecule has 0 amide bonds. The third-order valence-electron chi connectivity index (χ3n) is 2.58. The van der Waals surface area contributed by atoms with E-state index in [1.54, 1.807) is 38.1 Å². The van der Waals surface area contributed by atoms with Crippen LogP contribution in [-0.4, -0.2) is 25.2 Å². The molecule has 0 aliphatic rings. The van der Waals surface area contributed by atoms with Gasteiger partial charge in [0.05, 0.1) is 18.6 Å². The molecule has 0 radical (unpaired) electrons. The van der Waals surface area contributed by atoms with Crippen molar-refractivity contribution in [2.24, 2.45) is 5.92 Å². The Morgan fingerprint density at radius 2 is 1.71 bits per heavy atom. The van der Waals surface area contributed by atoms with E-state index in [0.717, 1.165) is 0 Å². The maximum atomic E-state index is 11.7. The maximum absolute atomic E-state index is 11.7. The van der Waals surface area contributed by atoms with Gasteiger partial charge in [0.2, 0.25) is 0 Å². The average molecular weight is 236 g/mol. The lowest BCUT2D eigenvalue weighted by Gasteiger charge is -2.18. The largest absolute Gasteiger partial charge is 0.469 e. The molecule has 4 heteroatoms. The van der Waals surface area contributed by atoms with Gasteiger partial charge < -0.3 is 9.47 Å². The van der Waals surface area contributed by atoms with Crippen molar-refractivity contribution in [1.82, 2.24) is 0 Å². The van der Waals surface area contributed by atoms with E-state index >= 15 is 0 Å². The van der Waals surface area contributed by atoms with E-state index in [1.165, 1.54) is 7.11 Å². The fourth-order valence-corrected chi connectivity index (χ4v) is 1.29. The van der Waals surface area contributed by atoms with Crippen molar-refractivity contribution in [2.45, 2.75) is 20.0 Å². The van der Waals surface area contributed by atoms with Crippen LogP contribution in [0.5, 0.6) is 0 Å². The van der Waals surface area contributed by atoms with Gasteiger partial charge >= 0.3 is 11.9 Å². The van der Waals surface area contributed by atoms with Crippen LogP contribution in [-0.2, 0) is 14.3 Å². The molecule has 0 aromatic heterocycles. The van der Waals surface area contributed by atoms with Crippen LogP contribution in [0.25, 0.3) is 0 Å². The molecule has 0 heterocycles. The van der Waals surface area contributed by atoms with Crippen LogP contribution in [0.2, 0.25) is 0 Å². The number of hydrogen-bond donors (Lipinski definition) is 0. The highest BCUT2D eigenvalue weighted by molar-refractivity contribution is 5.89. The fraction of sp³-hybridized carbons (Fsp3) is 0.385. The van der Waals surface area contributed by atoms with Gasteiger partial charge in [0.25, 0.3) is 0 Å². The first-order valence-electron chi connectivity index (χ1n) is 5.40. The van der Waals surface area contributed by atoms with Gasteiger partial charge in [-0.25, -0.2) is 4.79 Å². The average Bonchev–Trinajstić information content (AvgIpc) is 2.37. The Bertz CT molecular complexity index is 386. The molecule has 0 saturated carbocycles. The third kappa shape index (κ3) is 3.59. The Kier molecular flexibility index (Phi) is 4.69. The number of carbonyl (C=O) groups excluding carboxylic acids is 2. The Labute approximate surface area is 101 Å². The van der Waals surface area contributed by atoms with Crippen LogP contribution in [0, 0.1) is 5.92 Å². The zero-order valence-corrected chi connectivity index (χ0v) is 10.2. The molecule has 92 valence electrons. The predicted molar refractivity (Wildman–Crippen MR) is 62.5 cm³/mol. The fourth-order valence-electron chi connectivity index (χ4n) is 1.29. The summed E-state index contributed by atoms with van der Waals surface area (Å²) in [6, 6.07) is 8.66. The highest BCUT2D eigenvalue weighted by atomic mass is 16.6. The van der Waals surface area contributed by atoms with E-state index in [0.29, 0.717) is 5.56 Å². The summed E-state index contributed by atoms with van der Waals surface area (Å²) in [5.41, 5.74) is 0.469. The SMILES string of the molecule is COC(=O)C(C)C(C)OC(=O)c1ccccc1. The van der Waals surface area contributed by atoms with Crippen molar-refractivity contribution >= 4 is 11.9 Å². The zero-order valence-electron chi connectivity index (χ0n) is 10.2. The zero-order chi connectivity index (χ0) is 12.8. The molecule has 1 aromatic rings. The van der Waals surface area contributed by atoms with Crippen LogP contribution in [0.1, 0.15) is 24.2 Å². The second-order valence-corrected chi connectivity index (χ2v) is 3.79. The highest BCUT2D eigenvalue weighted by Crippen LogP contribution is 2.11. The second-order valence-electron chi connectivity index (χ2n) is 3.79. The summed E-state index contributed by atoms with van der Waals surface area (Å²) in [5.74, 6) is -1.31. The number of benzene rings is 1. The lowest BCUT2D eigenvalue weighted by molar-refractivity contribution is -0.148. The number of methoxy groups -OCH3 is 1. The van der Waals surface area contributed by atoms with Gasteiger partial charge in [-0.2, -0.15) is 0 Å². The minimum Gasteiger partial charge on any atom is -0.469 e. The Hall–Kier alpha value is -1.84. The number of ether oxygens (including phenoxy) is 2. The van der Waals surface area contributed by atoms with E-state index in [-0.39, 0.29) is 0 Å². The van der Waals surface area contributed by atoms with Gasteiger partial charge in [-0.05, 0) is 26.0 Å². The summed E-state index contributed by atoms with van der Waals surface area (Å²) < 4.78 is 9.77. The second kappa shape index (κ2) is 6.03. The number of hydrogen-bond acceptors (Lipinski definition) is 4. The third-order valence-corrected chi connectivity index (χ3v) is 2.58. The smallest absolute Gasteiger partial charge is 0.338 e. The van der Waals surface area contributed by atoms with E-state index in [9.17, 15) is 9.59 Å². The minimum absolute atomic E-state index is 0.390. The van der Waals surface area contributed by atoms with Gasteiger partial charge in [-0.15, -0.1) is 0 Å². The lowest BCUT2D eigenvalue weighted by Crippen LogP contribution is -2.29. The number of carbonyl (C=O) groups is 2. The molecule has 2 unspecified atom stereocenters. The van der Waals surface area contributed by atoms with E-state index in [1.807, 2.05) is 6.07 Å². The van der Waals surface area contributed by atoms with Crippen LogP contribution >= 0.6 is 0 Å². The highest BCUT2D eigenvalue weighted by Gasteiger charge is 2.24. The van der Waals surface area contributed by atoms with Crippen molar-refractivity contribution in [3.63, 3.8) is 0 Å². The van der Waals surface area contributed by atoms with Gasteiger partial charge in [-0.1, -0.05) is 18.2 Å².